The predicted molar refractivity (Wildman–Crippen MR) is 267 cm³/mol. The van der Waals surface area contributed by atoms with Crippen molar-refractivity contribution >= 4 is 49.6 Å². The molecule has 63 heavy (non-hydrogen) atoms. The van der Waals surface area contributed by atoms with Crippen LogP contribution in [0.25, 0.3) is 71.6 Å². The molecular weight excluding hydrogens is 761 g/mol. The highest BCUT2D eigenvalue weighted by atomic mass is 15.1. The number of rotatable bonds is 7. The molecule has 1 heterocycles. The summed E-state index contributed by atoms with van der Waals surface area (Å²) in [6.45, 7) is 4.78. The first-order valence-electron chi connectivity index (χ1n) is 22.9. The minimum absolute atomic E-state index is 0.151. The fraction of sp³-hybridized carbons (Fsp3) is 0.148. The zero-order chi connectivity index (χ0) is 42.1. The van der Waals surface area contributed by atoms with Gasteiger partial charge in [0.15, 0.2) is 0 Å². The Labute approximate surface area is 370 Å². The zero-order valence-corrected chi connectivity index (χ0v) is 36.1. The summed E-state index contributed by atoms with van der Waals surface area (Å²) >= 11 is 0. The van der Waals surface area contributed by atoms with Crippen LogP contribution in [-0.2, 0) is 5.41 Å². The first-order chi connectivity index (χ1) is 31.1. The average Bonchev–Trinajstić information content (AvgIpc) is 3.80. The van der Waals surface area contributed by atoms with Gasteiger partial charge < -0.3 is 9.47 Å². The van der Waals surface area contributed by atoms with E-state index in [1.54, 1.807) is 0 Å². The Bertz CT molecular complexity index is 3360. The van der Waals surface area contributed by atoms with Crippen molar-refractivity contribution in [2.24, 2.45) is 0 Å². The summed E-state index contributed by atoms with van der Waals surface area (Å²) in [6.07, 6.45) is 6.47. The summed E-state index contributed by atoms with van der Waals surface area (Å²) in [5.74, 6) is 0.576. The number of aromatic nitrogens is 1. The zero-order valence-electron chi connectivity index (χ0n) is 36.1. The first-order valence-corrected chi connectivity index (χ1v) is 22.9. The van der Waals surface area contributed by atoms with Crippen LogP contribution in [0.5, 0.6) is 0 Å². The smallest absolute Gasteiger partial charge is 0.0547 e. The molecule has 0 spiro atoms. The second-order valence-electron chi connectivity index (χ2n) is 18.2. The van der Waals surface area contributed by atoms with E-state index in [0.717, 1.165) is 17.1 Å². The standard InChI is InChI=1S/C61H50N2/c1-61(2)53-33-13-9-26-46(53)47-39-38-44(40-54(47)61)63(55-34-14-10-27-48(55)50-31-18-23-42-22-17-30-45(59(42)50)41-20-5-3-6-21-41)56-35-15-11-28-49(56)51-32-19-37-58-60(51)52-29-12-16-36-57(52)62(58)43-24-7-4-8-25-43/h4,7-19,22-41H,3,5-6,20-21H2,1-2H3. The molecule has 12 rings (SSSR count). The normalized spacial score (nSPS) is 14.6. The van der Waals surface area contributed by atoms with E-state index >= 15 is 0 Å². The van der Waals surface area contributed by atoms with Gasteiger partial charge in [-0.1, -0.05) is 185 Å². The number of hydrogen-bond acceptors (Lipinski definition) is 1. The third kappa shape index (κ3) is 5.99. The van der Waals surface area contributed by atoms with Crippen molar-refractivity contribution in [1.82, 2.24) is 4.57 Å². The molecule has 2 aliphatic carbocycles. The number of para-hydroxylation sites is 4. The van der Waals surface area contributed by atoms with Gasteiger partial charge in [0.2, 0.25) is 0 Å². The third-order valence-corrected chi connectivity index (χ3v) is 14.4. The monoisotopic (exact) mass is 810 g/mol. The molecule has 0 atom stereocenters. The van der Waals surface area contributed by atoms with E-state index in [1.165, 1.54) is 120 Å². The fourth-order valence-corrected chi connectivity index (χ4v) is 11.5. The second kappa shape index (κ2) is 15.0. The fourth-order valence-electron chi connectivity index (χ4n) is 11.5. The van der Waals surface area contributed by atoms with Crippen molar-refractivity contribution in [3.63, 3.8) is 0 Å². The largest absolute Gasteiger partial charge is 0.309 e. The van der Waals surface area contributed by atoms with Gasteiger partial charge in [-0.15, -0.1) is 0 Å². The van der Waals surface area contributed by atoms with Crippen molar-refractivity contribution in [2.75, 3.05) is 4.90 Å². The number of hydrogen-bond donors (Lipinski definition) is 0. The van der Waals surface area contributed by atoms with Crippen LogP contribution in [0.3, 0.4) is 0 Å². The number of benzene rings is 9. The highest BCUT2D eigenvalue weighted by Crippen LogP contribution is 2.53. The molecule has 0 amide bonds. The molecule has 0 bridgehead atoms. The molecule has 304 valence electrons. The van der Waals surface area contributed by atoms with Crippen molar-refractivity contribution in [2.45, 2.75) is 57.3 Å². The maximum absolute atomic E-state index is 2.57. The van der Waals surface area contributed by atoms with Gasteiger partial charge >= 0.3 is 0 Å². The molecule has 0 aliphatic heterocycles. The van der Waals surface area contributed by atoms with E-state index in [2.05, 4.69) is 224 Å². The van der Waals surface area contributed by atoms with Crippen molar-refractivity contribution in [3.05, 3.63) is 217 Å². The molecule has 1 aromatic heterocycles. The Morgan fingerprint density at radius 1 is 0.444 bits per heavy atom. The molecule has 2 aliphatic rings. The molecule has 0 saturated heterocycles. The van der Waals surface area contributed by atoms with Crippen LogP contribution >= 0.6 is 0 Å². The lowest BCUT2D eigenvalue weighted by Crippen LogP contribution is -2.17. The van der Waals surface area contributed by atoms with Gasteiger partial charge in [-0.05, 0) is 117 Å². The van der Waals surface area contributed by atoms with Gasteiger partial charge in [0, 0.05) is 38.7 Å². The Kier molecular flexibility index (Phi) is 8.97. The predicted octanol–water partition coefficient (Wildman–Crippen LogP) is 17.1. The van der Waals surface area contributed by atoms with Gasteiger partial charge in [-0.2, -0.15) is 0 Å². The molecule has 10 aromatic rings. The van der Waals surface area contributed by atoms with Crippen LogP contribution < -0.4 is 4.90 Å². The Hall–Kier alpha value is -7.16. The Balaban J connectivity index is 1.13. The lowest BCUT2D eigenvalue weighted by Gasteiger charge is -2.32. The van der Waals surface area contributed by atoms with Crippen molar-refractivity contribution in [3.8, 4) is 39.1 Å². The number of fused-ring (bicyclic) bond motifs is 7. The third-order valence-electron chi connectivity index (χ3n) is 14.4. The molecule has 1 fully saturated rings. The highest BCUT2D eigenvalue weighted by molar-refractivity contribution is 6.17. The second-order valence-corrected chi connectivity index (χ2v) is 18.2. The van der Waals surface area contributed by atoms with E-state index < -0.39 is 0 Å². The average molecular weight is 811 g/mol. The topological polar surface area (TPSA) is 8.17 Å². The maximum atomic E-state index is 2.57. The molecule has 0 unspecified atom stereocenters. The summed E-state index contributed by atoms with van der Waals surface area (Å²) in [4.78, 5) is 2.57. The molecule has 2 nitrogen and oxygen atoms in total. The van der Waals surface area contributed by atoms with Crippen LogP contribution in [0.15, 0.2) is 200 Å². The van der Waals surface area contributed by atoms with E-state index in [0.29, 0.717) is 5.92 Å². The number of nitrogens with zero attached hydrogens (tertiary/aromatic N) is 2. The van der Waals surface area contributed by atoms with Gasteiger partial charge in [0.25, 0.3) is 0 Å². The molecular formula is C61H50N2. The van der Waals surface area contributed by atoms with Crippen molar-refractivity contribution in [1.29, 1.82) is 0 Å². The minimum Gasteiger partial charge on any atom is -0.309 e. The number of anilines is 3. The van der Waals surface area contributed by atoms with E-state index in [9.17, 15) is 0 Å². The molecule has 9 aromatic carbocycles. The van der Waals surface area contributed by atoms with E-state index in [1.807, 2.05) is 0 Å². The maximum Gasteiger partial charge on any atom is 0.0547 e. The summed E-state index contributed by atoms with van der Waals surface area (Å²) in [7, 11) is 0. The van der Waals surface area contributed by atoms with Crippen LogP contribution in [0.4, 0.5) is 17.1 Å². The van der Waals surface area contributed by atoms with Gasteiger partial charge in [-0.25, -0.2) is 0 Å². The molecule has 0 radical (unpaired) electrons. The minimum atomic E-state index is -0.151. The molecule has 0 N–H and O–H groups in total. The lowest BCUT2D eigenvalue weighted by atomic mass is 9.80. The van der Waals surface area contributed by atoms with Crippen LogP contribution in [0, 0.1) is 0 Å². The SMILES string of the molecule is CC1(C)c2ccccc2-c2ccc(N(c3ccccc3-c3cccc4cccc(C5CCCCC5)c34)c3ccccc3-c3cccc4c3c3ccccc3n4-c3ccccc3)cc21. The quantitative estimate of drug-likeness (QED) is 0.156. The van der Waals surface area contributed by atoms with Crippen LogP contribution in [0.2, 0.25) is 0 Å². The Morgan fingerprint density at radius 3 is 1.78 bits per heavy atom. The summed E-state index contributed by atoms with van der Waals surface area (Å²) < 4.78 is 2.43. The van der Waals surface area contributed by atoms with Gasteiger partial charge in [0.1, 0.15) is 0 Å². The van der Waals surface area contributed by atoms with Crippen LogP contribution in [-0.4, -0.2) is 4.57 Å². The highest BCUT2D eigenvalue weighted by Gasteiger charge is 2.36. The van der Waals surface area contributed by atoms with E-state index in [-0.39, 0.29) is 5.41 Å². The van der Waals surface area contributed by atoms with Crippen LogP contribution in [0.1, 0.15) is 68.6 Å². The van der Waals surface area contributed by atoms with Gasteiger partial charge in [-0.3, -0.25) is 0 Å². The Morgan fingerprint density at radius 2 is 1.02 bits per heavy atom. The van der Waals surface area contributed by atoms with Gasteiger partial charge in [0.05, 0.1) is 22.4 Å². The summed E-state index contributed by atoms with van der Waals surface area (Å²) in [5.41, 5.74) is 18.7. The molecule has 2 heteroatoms. The summed E-state index contributed by atoms with van der Waals surface area (Å²) in [5, 5.41) is 5.22. The summed E-state index contributed by atoms with van der Waals surface area (Å²) in [6, 6.07) is 75.0. The van der Waals surface area contributed by atoms with E-state index in [4.69, 9.17) is 0 Å². The first kappa shape index (κ1) is 37.6. The van der Waals surface area contributed by atoms with Crippen molar-refractivity contribution < 1.29 is 0 Å². The molecule has 1 saturated carbocycles. The lowest BCUT2D eigenvalue weighted by molar-refractivity contribution is 0.445.